The Balaban J connectivity index is 1.93. The van der Waals surface area contributed by atoms with Crippen LogP contribution in [0.1, 0.15) is 43.4 Å². The molecule has 2 rings (SSSR count). The van der Waals surface area contributed by atoms with Gasteiger partial charge in [0.1, 0.15) is 0 Å². The van der Waals surface area contributed by atoms with Gasteiger partial charge in [-0.15, -0.1) is 6.42 Å². The van der Waals surface area contributed by atoms with Crippen molar-refractivity contribution in [1.82, 2.24) is 0 Å². The lowest BCUT2D eigenvalue weighted by Crippen LogP contribution is -2.15. The summed E-state index contributed by atoms with van der Waals surface area (Å²) in [5, 5.41) is 0. The average Bonchev–Trinajstić information content (AvgIpc) is 2.67. The van der Waals surface area contributed by atoms with Gasteiger partial charge in [-0.1, -0.05) is 66.6 Å². The predicted octanol–water partition coefficient (Wildman–Crippen LogP) is 4.05. The second-order valence-electron chi connectivity index (χ2n) is 5.84. The van der Waals surface area contributed by atoms with Gasteiger partial charge in [0.2, 0.25) is 0 Å². The molecular formula is C22H22O4. The summed E-state index contributed by atoms with van der Waals surface area (Å²) in [4.78, 5) is 23.8. The molecule has 0 saturated heterocycles. The summed E-state index contributed by atoms with van der Waals surface area (Å²) >= 11 is 0. The predicted molar refractivity (Wildman–Crippen MR) is 99.1 cm³/mol. The molecule has 0 aliphatic heterocycles. The van der Waals surface area contributed by atoms with Gasteiger partial charge in [-0.3, -0.25) is 9.59 Å². The topological polar surface area (TPSA) is 52.6 Å². The van der Waals surface area contributed by atoms with E-state index in [1.165, 1.54) is 0 Å². The van der Waals surface area contributed by atoms with Crippen LogP contribution in [0.15, 0.2) is 60.7 Å². The Morgan fingerprint density at radius 1 is 0.885 bits per heavy atom. The molecule has 0 aliphatic carbocycles. The van der Waals surface area contributed by atoms with Crippen molar-refractivity contribution in [3.05, 3.63) is 71.8 Å². The van der Waals surface area contributed by atoms with Crippen molar-refractivity contribution < 1.29 is 19.1 Å². The van der Waals surface area contributed by atoms with Crippen LogP contribution in [0, 0.1) is 12.3 Å². The van der Waals surface area contributed by atoms with E-state index in [4.69, 9.17) is 15.9 Å². The van der Waals surface area contributed by atoms with Crippen molar-refractivity contribution in [2.24, 2.45) is 0 Å². The van der Waals surface area contributed by atoms with Crippen LogP contribution in [-0.2, 0) is 19.1 Å². The lowest BCUT2D eigenvalue weighted by Gasteiger charge is -2.19. The molecule has 0 aliphatic rings. The summed E-state index contributed by atoms with van der Waals surface area (Å²) in [5.41, 5.74) is 1.80. The lowest BCUT2D eigenvalue weighted by molar-refractivity contribution is -0.148. The Morgan fingerprint density at radius 2 is 1.35 bits per heavy atom. The quantitative estimate of drug-likeness (QED) is 0.532. The molecule has 0 amide bonds. The number of benzene rings is 2. The fraction of sp³-hybridized carbons (Fsp3) is 0.273. The molecule has 4 nitrogen and oxygen atoms in total. The third kappa shape index (κ3) is 6.10. The van der Waals surface area contributed by atoms with E-state index in [9.17, 15) is 9.59 Å². The number of rotatable bonds is 8. The second-order valence-corrected chi connectivity index (χ2v) is 5.84. The monoisotopic (exact) mass is 350 g/mol. The van der Waals surface area contributed by atoms with Crippen molar-refractivity contribution in [2.45, 2.75) is 38.4 Å². The highest BCUT2D eigenvalue weighted by atomic mass is 16.5. The first kappa shape index (κ1) is 19.3. The first-order chi connectivity index (χ1) is 12.6. The molecule has 0 saturated carbocycles. The van der Waals surface area contributed by atoms with E-state index >= 15 is 0 Å². The molecule has 0 heterocycles. The average molecular weight is 350 g/mol. The van der Waals surface area contributed by atoms with Crippen LogP contribution < -0.4 is 0 Å². The SMILES string of the molecule is C#CC(C)OC(=O)CCCC(=O)OC(c1ccccc1)c1ccccc1. The summed E-state index contributed by atoms with van der Waals surface area (Å²) in [6, 6.07) is 19.1. The van der Waals surface area contributed by atoms with Gasteiger partial charge >= 0.3 is 11.9 Å². The summed E-state index contributed by atoms with van der Waals surface area (Å²) in [5.74, 6) is 1.55. The van der Waals surface area contributed by atoms with Crippen molar-refractivity contribution in [3.63, 3.8) is 0 Å². The number of ether oxygens (including phenoxy) is 2. The fourth-order valence-electron chi connectivity index (χ4n) is 2.44. The van der Waals surface area contributed by atoms with E-state index in [1.807, 2.05) is 60.7 Å². The fourth-order valence-corrected chi connectivity index (χ4v) is 2.44. The number of hydrogen-bond donors (Lipinski definition) is 0. The second kappa shape index (κ2) is 10.0. The van der Waals surface area contributed by atoms with Crippen LogP contribution in [0.2, 0.25) is 0 Å². The first-order valence-corrected chi connectivity index (χ1v) is 8.55. The Kier molecular flexibility index (Phi) is 7.45. The summed E-state index contributed by atoms with van der Waals surface area (Å²) in [7, 11) is 0. The zero-order valence-corrected chi connectivity index (χ0v) is 14.8. The van der Waals surface area contributed by atoms with Crippen molar-refractivity contribution in [3.8, 4) is 12.3 Å². The Morgan fingerprint density at radius 3 is 1.81 bits per heavy atom. The van der Waals surface area contributed by atoms with E-state index in [0.29, 0.717) is 6.42 Å². The van der Waals surface area contributed by atoms with E-state index in [1.54, 1.807) is 6.92 Å². The minimum absolute atomic E-state index is 0.127. The molecule has 0 spiro atoms. The third-order valence-corrected chi connectivity index (χ3v) is 3.76. The number of carbonyl (C=O) groups is 2. The maximum Gasteiger partial charge on any atom is 0.307 e. The minimum atomic E-state index is -0.560. The molecule has 0 bridgehead atoms. The maximum absolute atomic E-state index is 12.3. The standard InChI is InChI=1S/C22H22O4/c1-3-17(2)25-20(23)15-10-16-21(24)26-22(18-11-6-4-7-12-18)19-13-8-5-9-14-19/h1,4-9,11-14,17,22H,10,15-16H2,2H3. The van der Waals surface area contributed by atoms with E-state index in [2.05, 4.69) is 5.92 Å². The van der Waals surface area contributed by atoms with Gasteiger partial charge in [-0.2, -0.15) is 0 Å². The largest absolute Gasteiger partial charge is 0.453 e. The Bertz CT molecular complexity index is 707. The van der Waals surface area contributed by atoms with Gasteiger partial charge in [0.15, 0.2) is 12.2 Å². The molecule has 0 N–H and O–H groups in total. The molecule has 26 heavy (non-hydrogen) atoms. The number of terminal acetylenes is 1. The maximum atomic E-state index is 12.3. The normalized spacial score (nSPS) is 11.4. The molecule has 4 heteroatoms. The summed E-state index contributed by atoms with van der Waals surface area (Å²) in [6.07, 6.45) is 4.74. The van der Waals surface area contributed by atoms with Crippen LogP contribution in [0.4, 0.5) is 0 Å². The number of esters is 2. The van der Waals surface area contributed by atoms with Crippen molar-refractivity contribution >= 4 is 11.9 Å². The van der Waals surface area contributed by atoms with Crippen LogP contribution >= 0.6 is 0 Å². The Hall–Kier alpha value is -3.06. The van der Waals surface area contributed by atoms with Gasteiger partial charge in [0.25, 0.3) is 0 Å². The Labute approximate surface area is 154 Å². The molecule has 2 aromatic rings. The molecule has 2 aromatic carbocycles. The highest BCUT2D eigenvalue weighted by Crippen LogP contribution is 2.26. The van der Waals surface area contributed by atoms with E-state index in [0.717, 1.165) is 11.1 Å². The minimum Gasteiger partial charge on any atom is -0.453 e. The molecule has 134 valence electrons. The van der Waals surface area contributed by atoms with Gasteiger partial charge in [-0.25, -0.2) is 0 Å². The van der Waals surface area contributed by atoms with E-state index < -0.39 is 18.2 Å². The highest BCUT2D eigenvalue weighted by Gasteiger charge is 2.19. The van der Waals surface area contributed by atoms with Crippen molar-refractivity contribution in [2.75, 3.05) is 0 Å². The zero-order chi connectivity index (χ0) is 18.8. The summed E-state index contributed by atoms with van der Waals surface area (Å²) < 4.78 is 10.7. The number of carbonyl (C=O) groups excluding carboxylic acids is 2. The molecule has 0 fully saturated rings. The molecular weight excluding hydrogens is 328 g/mol. The van der Waals surface area contributed by atoms with E-state index in [-0.39, 0.29) is 18.8 Å². The molecule has 0 radical (unpaired) electrons. The highest BCUT2D eigenvalue weighted by molar-refractivity contribution is 5.73. The first-order valence-electron chi connectivity index (χ1n) is 8.55. The van der Waals surface area contributed by atoms with Crippen LogP contribution in [0.3, 0.4) is 0 Å². The van der Waals surface area contributed by atoms with Crippen LogP contribution in [0.25, 0.3) is 0 Å². The van der Waals surface area contributed by atoms with Crippen LogP contribution in [0.5, 0.6) is 0 Å². The number of hydrogen-bond acceptors (Lipinski definition) is 4. The van der Waals surface area contributed by atoms with Gasteiger partial charge in [-0.05, 0) is 24.5 Å². The molecule has 1 atom stereocenters. The third-order valence-electron chi connectivity index (χ3n) is 3.76. The molecule has 0 aromatic heterocycles. The van der Waals surface area contributed by atoms with Gasteiger partial charge in [0, 0.05) is 12.8 Å². The van der Waals surface area contributed by atoms with Crippen molar-refractivity contribution in [1.29, 1.82) is 0 Å². The summed E-state index contributed by atoms with van der Waals surface area (Å²) in [6.45, 7) is 1.62. The zero-order valence-electron chi connectivity index (χ0n) is 14.8. The van der Waals surface area contributed by atoms with Gasteiger partial charge in [0.05, 0.1) is 0 Å². The lowest BCUT2D eigenvalue weighted by atomic mass is 10.0. The molecule has 1 unspecified atom stereocenters. The van der Waals surface area contributed by atoms with Gasteiger partial charge < -0.3 is 9.47 Å². The van der Waals surface area contributed by atoms with Crippen LogP contribution in [-0.4, -0.2) is 18.0 Å². The smallest absolute Gasteiger partial charge is 0.307 e.